The summed E-state index contributed by atoms with van der Waals surface area (Å²) in [5.41, 5.74) is -0.497. The van der Waals surface area contributed by atoms with Gasteiger partial charge in [0.1, 0.15) is 5.75 Å². The second-order valence-electron chi connectivity index (χ2n) is 5.83. The van der Waals surface area contributed by atoms with Crippen LogP contribution in [0.25, 0.3) is 0 Å². The van der Waals surface area contributed by atoms with Crippen molar-refractivity contribution in [1.82, 2.24) is 16.0 Å². The monoisotopic (exact) mass is 448 g/mol. The largest absolute Gasteiger partial charge is 0.494 e. The minimum Gasteiger partial charge on any atom is -0.494 e. The molecule has 6 nitrogen and oxygen atoms in total. The predicted octanol–water partition coefficient (Wildman–Crippen LogP) is 2.01. The van der Waals surface area contributed by atoms with E-state index in [2.05, 4.69) is 20.9 Å². The maximum Gasteiger partial charge on any atom is 0.227 e. The standard InChI is InChI=1S/C17H28N4O2.HI/c1-17(2,15(22)18-3)13-21-16(19-4)20-11-8-12-23-14-9-6-5-7-10-14;/h5-7,9-10H,8,11-13H2,1-4H3,(H,18,22)(H2,19,20,21);1H. The third-order valence-corrected chi connectivity index (χ3v) is 3.39. The minimum atomic E-state index is -0.497. The summed E-state index contributed by atoms with van der Waals surface area (Å²) >= 11 is 0. The number of guanidine groups is 1. The highest BCUT2D eigenvalue weighted by atomic mass is 127. The third kappa shape index (κ3) is 8.37. The van der Waals surface area contributed by atoms with Crippen LogP contribution in [0.1, 0.15) is 20.3 Å². The highest BCUT2D eigenvalue weighted by Gasteiger charge is 2.26. The molecule has 7 heteroatoms. The van der Waals surface area contributed by atoms with Crippen LogP contribution in [-0.4, -0.2) is 45.7 Å². The predicted molar refractivity (Wildman–Crippen MR) is 109 cm³/mol. The summed E-state index contributed by atoms with van der Waals surface area (Å²) in [6.07, 6.45) is 0.856. The van der Waals surface area contributed by atoms with Gasteiger partial charge in [0.2, 0.25) is 5.91 Å². The number of para-hydroxylation sites is 1. The lowest BCUT2D eigenvalue weighted by molar-refractivity contribution is -0.128. The molecule has 1 rings (SSSR count). The van der Waals surface area contributed by atoms with Gasteiger partial charge >= 0.3 is 0 Å². The number of carbonyl (C=O) groups excluding carboxylic acids is 1. The van der Waals surface area contributed by atoms with Crippen LogP contribution in [0, 0.1) is 5.41 Å². The van der Waals surface area contributed by atoms with Gasteiger partial charge < -0.3 is 20.7 Å². The van der Waals surface area contributed by atoms with Crippen LogP contribution < -0.4 is 20.7 Å². The third-order valence-electron chi connectivity index (χ3n) is 3.39. The summed E-state index contributed by atoms with van der Waals surface area (Å²) < 4.78 is 5.63. The number of aliphatic imine (C=N–C) groups is 1. The SMILES string of the molecule is CN=C(NCCCOc1ccccc1)NCC(C)(C)C(=O)NC.I. The average molecular weight is 448 g/mol. The normalized spacial score (nSPS) is 11.2. The Morgan fingerprint density at radius 2 is 1.88 bits per heavy atom. The molecule has 0 spiro atoms. The first kappa shape index (κ1) is 22.5. The van der Waals surface area contributed by atoms with Gasteiger partial charge in [-0.25, -0.2) is 0 Å². The number of ether oxygens (including phenoxy) is 1. The summed E-state index contributed by atoms with van der Waals surface area (Å²) in [6.45, 7) is 5.66. The van der Waals surface area contributed by atoms with Gasteiger partial charge in [0.15, 0.2) is 5.96 Å². The van der Waals surface area contributed by atoms with E-state index in [1.54, 1.807) is 14.1 Å². The van der Waals surface area contributed by atoms with E-state index in [1.165, 1.54) is 0 Å². The van der Waals surface area contributed by atoms with E-state index in [-0.39, 0.29) is 29.9 Å². The van der Waals surface area contributed by atoms with Crippen molar-refractivity contribution in [3.8, 4) is 5.75 Å². The molecule has 136 valence electrons. The van der Waals surface area contributed by atoms with Crippen LogP contribution in [0.5, 0.6) is 5.75 Å². The molecule has 0 heterocycles. The molecule has 1 aromatic rings. The number of nitrogens with zero attached hydrogens (tertiary/aromatic N) is 1. The summed E-state index contributed by atoms with van der Waals surface area (Å²) in [4.78, 5) is 15.9. The van der Waals surface area contributed by atoms with Gasteiger partial charge in [-0.05, 0) is 32.4 Å². The number of hydrogen-bond donors (Lipinski definition) is 3. The van der Waals surface area contributed by atoms with Gasteiger partial charge in [-0.3, -0.25) is 9.79 Å². The molecule has 0 saturated carbocycles. The highest BCUT2D eigenvalue weighted by molar-refractivity contribution is 14.0. The lowest BCUT2D eigenvalue weighted by Crippen LogP contribution is -2.47. The number of carbonyl (C=O) groups is 1. The molecule has 0 bridgehead atoms. The number of nitrogens with one attached hydrogen (secondary N) is 3. The zero-order valence-corrected chi connectivity index (χ0v) is 17.2. The van der Waals surface area contributed by atoms with Crippen LogP contribution in [-0.2, 0) is 4.79 Å². The topological polar surface area (TPSA) is 74.8 Å². The van der Waals surface area contributed by atoms with Crippen LogP contribution in [0.15, 0.2) is 35.3 Å². The molecule has 0 saturated heterocycles. The zero-order chi connectivity index (χ0) is 17.1. The smallest absolute Gasteiger partial charge is 0.227 e. The van der Waals surface area contributed by atoms with E-state index < -0.39 is 5.41 Å². The lowest BCUT2D eigenvalue weighted by atomic mass is 9.92. The van der Waals surface area contributed by atoms with Crippen molar-refractivity contribution in [2.45, 2.75) is 20.3 Å². The van der Waals surface area contributed by atoms with Crippen LogP contribution in [0.4, 0.5) is 0 Å². The first-order valence-electron chi connectivity index (χ1n) is 7.84. The van der Waals surface area contributed by atoms with E-state index in [9.17, 15) is 4.79 Å². The Balaban J connectivity index is 0.00000529. The number of hydrogen-bond acceptors (Lipinski definition) is 3. The second-order valence-corrected chi connectivity index (χ2v) is 5.83. The van der Waals surface area contributed by atoms with Crippen LogP contribution >= 0.6 is 24.0 Å². The molecule has 0 aromatic heterocycles. The van der Waals surface area contributed by atoms with E-state index in [4.69, 9.17) is 4.74 Å². The fourth-order valence-corrected chi connectivity index (χ4v) is 1.93. The maximum atomic E-state index is 11.7. The number of amides is 1. The van der Waals surface area contributed by atoms with Gasteiger partial charge in [-0.15, -0.1) is 24.0 Å². The number of halogens is 1. The van der Waals surface area contributed by atoms with Crippen molar-refractivity contribution >= 4 is 35.8 Å². The lowest BCUT2D eigenvalue weighted by Gasteiger charge is -2.24. The second kappa shape index (κ2) is 11.9. The zero-order valence-electron chi connectivity index (χ0n) is 14.9. The molecule has 0 aliphatic heterocycles. The Bertz CT molecular complexity index is 507. The molecule has 0 unspecified atom stereocenters. The first-order valence-corrected chi connectivity index (χ1v) is 7.84. The molecule has 0 atom stereocenters. The fourth-order valence-electron chi connectivity index (χ4n) is 1.93. The van der Waals surface area contributed by atoms with Gasteiger partial charge in [0.05, 0.1) is 12.0 Å². The Morgan fingerprint density at radius 1 is 1.21 bits per heavy atom. The highest BCUT2D eigenvalue weighted by Crippen LogP contribution is 2.12. The molecule has 0 radical (unpaired) electrons. The quantitative estimate of drug-likeness (QED) is 0.246. The molecule has 0 aliphatic carbocycles. The molecular weight excluding hydrogens is 419 g/mol. The van der Waals surface area contributed by atoms with Crippen LogP contribution in [0.3, 0.4) is 0 Å². The van der Waals surface area contributed by atoms with E-state index in [0.29, 0.717) is 19.1 Å². The molecule has 0 aliphatic rings. The molecule has 1 aromatic carbocycles. The summed E-state index contributed by atoms with van der Waals surface area (Å²) in [6, 6.07) is 9.75. The Labute approximate surface area is 161 Å². The van der Waals surface area contributed by atoms with E-state index in [1.807, 2.05) is 44.2 Å². The first-order chi connectivity index (χ1) is 11.0. The number of rotatable bonds is 8. The van der Waals surface area contributed by atoms with Gasteiger partial charge in [0.25, 0.3) is 0 Å². The average Bonchev–Trinajstić information content (AvgIpc) is 2.57. The van der Waals surface area contributed by atoms with Crippen molar-refractivity contribution in [3.63, 3.8) is 0 Å². The fraction of sp³-hybridized carbons (Fsp3) is 0.529. The summed E-state index contributed by atoms with van der Waals surface area (Å²) in [5.74, 6) is 1.56. The Hall–Kier alpha value is -1.51. The molecule has 0 fully saturated rings. The van der Waals surface area contributed by atoms with Crippen molar-refractivity contribution in [3.05, 3.63) is 30.3 Å². The molecule has 24 heavy (non-hydrogen) atoms. The molecule has 3 N–H and O–H groups in total. The summed E-state index contributed by atoms with van der Waals surface area (Å²) in [7, 11) is 3.35. The summed E-state index contributed by atoms with van der Waals surface area (Å²) in [5, 5.41) is 9.05. The van der Waals surface area contributed by atoms with Crippen LogP contribution in [0.2, 0.25) is 0 Å². The minimum absolute atomic E-state index is 0. The Kier molecular flexibility index (Phi) is 11.2. The van der Waals surface area contributed by atoms with Gasteiger partial charge in [-0.1, -0.05) is 18.2 Å². The van der Waals surface area contributed by atoms with Gasteiger partial charge in [-0.2, -0.15) is 0 Å². The van der Waals surface area contributed by atoms with E-state index in [0.717, 1.165) is 18.7 Å². The molecule has 1 amide bonds. The van der Waals surface area contributed by atoms with Gasteiger partial charge in [0, 0.05) is 27.2 Å². The van der Waals surface area contributed by atoms with Crippen molar-refractivity contribution in [2.24, 2.45) is 10.4 Å². The van der Waals surface area contributed by atoms with Crippen molar-refractivity contribution < 1.29 is 9.53 Å². The van der Waals surface area contributed by atoms with Crippen molar-refractivity contribution in [1.29, 1.82) is 0 Å². The number of benzene rings is 1. The maximum absolute atomic E-state index is 11.7. The van der Waals surface area contributed by atoms with E-state index >= 15 is 0 Å². The van der Waals surface area contributed by atoms with Crippen molar-refractivity contribution in [2.75, 3.05) is 33.8 Å². The Morgan fingerprint density at radius 3 is 2.46 bits per heavy atom. The molecular formula is C17H29IN4O2.